The van der Waals surface area contributed by atoms with Crippen LogP contribution in [0.4, 0.5) is 0 Å². The second-order valence-electron chi connectivity index (χ2n) is 4.52. The quantitative estimate of drug-likeness (QED) is 0.818. The van der Waals surface area contributed by atoms with Crippen molar-refractivity contribution in [3.63, 3.8) is 0 Å². The van der Waals surface area contributed by atoms with Crippen LogP contribution in [0.25, 0.3) is 0 Å². The minimum absolute atomic E-state index is 0.138. The highest BCUT2D eigenvalue weighted by Crippen LogP contribution is 2.30. The van der Waals surface area contributed by atoms with E-state index in [1.165, 1.54) is 17.5 Å². The molecule has 3 heteroatoms. The molecule has 0 amide bonds. The molecule has 0 aromatic heterocycles. The van der Waals surface area contributed by atoms with Crippen molar-refractivity contribution in [2.75, 3.05) is 6.61 Å². The Morgan fingerprint density at radius 3 is 3.12 bits per heavy atom. The first-order chi connectivity index (χ1) is 7.66. The number of aliphatic hydroxyl groups is 1. The first-order valence-corrected chi connectivity index (χ1v) is 5.86. The zero-order chi connectivity index (χ0) is 11.5. The van der Waals surface area contributed by atoms with Crippen molar-refractivity contribution in [3.05, 3.63) is 29.3 Å². The van der Waals surface area contributed by atoms with E-state index in [9.17, 15) is 0 Å². The van der Waals surface area contributed by atoms with E-state index in [1.54, 1.807) is 6.92 Å². The largest absolute Gasteiger partial charge is 0.491 e. The van der Waals surface area contributed by atoms with Gasteiger partial charge in [-0.2, -0.15) is 0 Å². The van der Waals surface area contributed by atoms with Crippen LogP contribution in [-0.4, -0.2) is 17.8 Å². The normalized spacial score (nSPS) is 21.3. The Balaban J connectivity index is 2.14. The summed E-state index contributed by atoms with van der Waals surface area (Å²) in [4.78, 5) is 0. The lowest BCUT2D eigenvalue weighted by Crippen LogP contribution is -2.18. The van der Waals surface area contributed by atoms with E-state index in [0.717, 1.165) is 18.6 Å². The molecule has 88 valence electrons. The van der Waals surface area contributed by atoms with Crippen LogP contribution < -0.4 is 10.5 Å². The Labute approximate surface area is 96.2 Å². The van der Waals surface area contributed by atoms with Crippen LogP contribution in [0, 0.1) is 0 Å². The predicted molar refractivity (Wildman–Crippen MR) is 63.5 cm³/mol. The van der Waals surface area contributed by atoms with E-state index in [-0.39, 0.29) is 6.04 Å². The van der Waals surface area contributed by atoms with E-state index in [1.807, 2.05) is 12.1 Å². The third-order valence-electron chi connectivity index (χ3n) is 2.97. The van der Waals surface area contributed by atoms with Gasteiger partial charge in [0.1, 0.15) is 12.4 Å². The number of hydrogen-bond donors (Lipinski definition) is 2. The van der Waals surface area contributed by atoms with Gasteiger partial charge in [0.15, 0.2) is 0 Å². The van der Waals surface area contributed by atoms with Crippen molar-refractivity contribution < 1.29 is 9.84 Å². The van der Waals surface area contributed by atoms with Crippen molar-refractivity contribution in [1.82, 2.24) is 0 Å². The summed E-state index contributed by atoms with van der Waals surface area (Å²) >= 11 is 0. The molecule has 1 aliphatic carbocycles. The van der Waals surface area contributed by atoms with Crippen molar-refractivity contribution in [2.45, 2.75) is 38.3 Å². The summed E-state index contributed by atoms with van der Waals surface area (Å²) in [5, 5.41) is 9.15. The highest BCUT2D eigenvalue weighted by atomic mass is 16.5. The topological polar surface area (TPSA) is 55.5 Å². The summed E-state index contributed by atoms with van der Waals surface area (Å²) in [6.07, 6.45) is 2.89. The fourth-order valence-corrected chi connectivity index (χ4v) is 2.12. The van der Waals surface area contributed by atoms with Crippen molar-refractivity contribution in [1.29, 1.82) is 0 Å². The lowest BCUT2D eigenvalue weighted by molar-refractivity contribution is 0.122. The van der Waals surface area contributed by atoms with E-state index in [4.69, 9.17) is 15.6 Å². The Bertz CT molecular complexity index is 363. The molecular formula is C13H19NO2. The second-order valence-corrected chi connectivity index (χ2v) is 4.52. The van der Waals surface area contributed by atoms with Gasteiger partial charge in [-0.05, 0) is 49.4 Å². The Morgan fingerprint density at radius 2 is 2.38 bits per heavy atom. The monoisotopic (exact) mass is 221 g/mol. The molecule has 0 spiro atoms. The van der Waals surface area contributed by atoms with Crippen molar-refractivity contribution in [3.8, 4) is 5.75 Å². The molecule has 0 radical (unpaired) electrons. The molecule has 0 saturated carbocycles. The number of benzene rings is 1. The molecule has 1 aromatic carbocycles. The number of nitrogens with two attached hydrogens (primary N) is 1. The summed E-state index contributed by atoms with van der Waals surface area (Å²) in [7, 11) is 0. The highest BCUT2D eigenvalue weighted by molar-refractivity contribution is 5.39. The third kappa shape index (κ3) is 2.54. The van der Waals surface area contributed by atoms with Crippen LogP contribution in [0.3, 0.4) is 0 Å². The molecule has 0 aliphatic heterocycles. The van der Waals surface area contributed by atoms with Gasteiger partial charge < -0.3 is 15.6 Å². The third-order valence-corrected chi connectivity index (χ3v) is 2.97. The van der Waals surface area contributed by atoms with E-state index in [0.29, 0.717) is 6.61 Å². The highest BCUT2D eigenvalue weighted by Gasteiger charge is 2.17. The predicted octanol–water partition coefficient (Wildman–Crippen LogP) is 1.78. The number of ether oxygens (including phenoxy) is 1. The van der Waals surface area contributed by atoms with Crippen LogP contribution in [0.5, 0.6) is 5.75 Å². The zero-order valence-corrected chi connectivity index (χ0v) is 9.65. The van der Waals surface area contributed by atoms with Crippen LogP contribution in [0.2, 0.25) is 0 Å². The van der Waals surface area contributed by atoms with Gasteiger partial charge in [-0.25, -0.2) is 0 Å². The standard InChI is InChI=1S/C13H19NO2/c1-9(15)8-16-11-6-5-10-3-2-4-13(14)12(10)7-11/h5-7,9,13,15H,2-4,8,14H2,1H3/t9?,13-/m0/s1. The number of hydrogen-bond acceptors (Lipinski definition) is 3. The molecule has 3 N–H and O–H groups in total. The van der Waals surface area contributed by atoms with Crippen LogP contribution in [0.1, 0.15) is 36.9 Å². The average molecular weight is 221 g/mol. The summed E-state index contributed by atoms with van der Waals surface area (Å²) in [5.74, 6) is 0.803. The lowest BCUT2D eigenvalue weighted by Gasteiger charge is -2.23. The molecule has 16 heavy (non-hydrogen) atoms. The SMILES string of the molecule is CC(O)COc1ccc2c(c1)[C@@H](N)CCC2. The smallest absolute Gasteiger partial charge is 0.119 e. The lowest BCUT2D eigenvalue weighted by atomic mass is 9.88. The maximum absolute atomic E-state index is 9.15. The fraction of sp³-hybridized carbons (Fsp3) is 0.538. The van der Waals surface area contributed by atoms with E-state index in [2.05, 4.69) is 6.07 Å². The Morgan fingerprint density at radius 1 is 1.56 bits per heavy atom. The average Bonchev–Trinajstić information content (AvgIpc) is 2.27. The van der Waals surface area contributed by atoms with Crippen molar-refractivity contribution >= 4 is 0 Å². The van der Waals surface area contributed by atoms with Gasteiger partial charge in [0.05, 0.1) is 6.10 Å². The van der Waals surface area contributed by atoms with Crippen LogP contribution in [0.15, 0.2) is 18.2 Å². The zero-order valence-electron chi connectivity index (χ0n) is 9.65. The Kier molecular flexibility index (Phi) is 3.46. The summed E-state index contributed by atoms with van der Waals surface area (Å²) in [6, 6.07) is 6.20. The van der Waals surface area contributed by atoms with E-state index < -0.39 is 6.10 Å². The minimum atomic E-state index is -0.440. The maximum atomic E-state index is 9.15. The minimum Gasteiger partial charge on any atom is -0.491 e. The molecule has 3 nitrogen and oxygen atoms in total. The van der Waals surface area contributed by atoms with Crippen molar-refractivity contribution in [2.24, 2.45) is 5.73 Å². The molecule has 2 rings (SSSR count). The van der Waals surface area contributed by atoms with Gasteiger partial charge in [0.25, 0.3) is 0 Å². The summed E-state index contributed by atoms with van der Waals surface area (Å²) < 4.78 is 5.48. The molecule has 2 atom stereocenters. The van der Waals surface area contributed by atoms with Gasteiger partial charge in [-0.1, -0.05) is 6.07 Å². The Hall–Kier alpha value is -1.06. The fourth-order valence-electron chi connectivity index (χ4n) is 2.12. The van der Waals surface area contributed by atoms with Gasteiger partial charge in [0.2, 0.25) is 0 Å². The maximum Gasteiger partial charge on any atom is 0.119 e. The summed E-state index contributed by atoms with van der Waals surface area (Å²) in [5.41, 5.74) is 8.61. The van der Waals surface area contributed by atoms with E-state index >= 15 is 0 Å². The van der Waals surface area contributed by atoms with Crippen LogP contribution >= 0.6 is 0 Å². The number of aryl methyl sites for hydroxylation is 1. The summed E-state index contributed by atoms with van der Waals surface area (Å²) in [6.45, 7) is 2.04. The van der Waals surface area contributed by atoms with Gasteiger partial charge in [-0.3, -0.25) is 0 Å². The molecule has 0 bridgehead atoms. The van der Waals surface area contributed by atoms with Gasteiger partial charge >= 0.3 is 0 Å². The van der Waals surface area contributed by atoms with Crippen LogP contribution in [-0.2, 0) is 6.42 Å². The van der Waals surface area contributed by atoms with Gasteiger partial charge in [-0.15, -0.1) is 0 Å². The molecule has 0 fully saturated rings. The van der Waals surface area contributed by atoms with Gasteiger partial charge in [0, 0.05) is 6.04 Å². The molecule has 1 aliphatic rings. The molecule has 1 aromatic rings. The molecule has 1 unspecified atom stereocenters. The molecule has 0 saturated heterocycles. The number of rotatable bonds is 3. The molecular weight excluding hydrogens is 202 g/mol. The first kappa shape index (κ1) is 11.4. The number of aliphatic hydroxyl groups excluding tert-OH is 1. The number of fused-ring (bicyclic) bond motifs is 1. The second kappa shape index (κ2) is 4.85. The molecule has 0 heterocycles. The first-order valence-electron chi connectivity index (χ1n) is 5.86.